The van der Waals surface area contributed by atoms with E-state index in [1.54, 1.807) is 12.3 Å². The minimum absolute atomic E-state index is 0.245. The lowest BCUT2D eigenvalue weighted by Crippen LogP contribution is -2.45. The van der Waals surface area contributed by atoms with Crippen molar-refractivity contribution in [1.82, 2.24) is 10.3 Å². The molecule has 16 heavy (non-hydrogen) atoms. The second kappa shape index (κ2) is 4.01. The van der Waals surface area contributed by atoms with E-state index in [1.807, 2.05) is 0 Å². The monoisotopic (exact) mass is 221 g/mol. The van der Waals surface area contributed by atoms with Crippen molar-refractivity contribution in [3.05, 3.63) is 24.3 Å². The van der Waals surface area contributed by atoms with Crippen LogP contribution in [-0.2, 0) is 0 Å². The van der Waals surface area contributed by atoms with Gasteiger partial charge in [-0.15, -0.1) is 0 Å². The molecule has 0 radical (unpaired) electrons. The van der Waals surface area contributed by atoms with Crippen molar-refractivity contribution >= 4 is 5.69 Å². The van der Waals surface area contributed by atoms with E-state index in [4.69, 9.17) is 0 Å². The highest BCUT2D eigenvalue weighted by molar-refractivity contribution is 5.46. The summed E-state index contributed by atoms with van der Waals surface area (Å²) >= 11 is 0. The van der Waals surface area contributed by atoms with Crippen LogP contribution in [0.4, 0.5) is 10.1 Å². The number of piperidine rings is 1. The number of halogens is 1. The van der Waals surface area contributed by atoms with Crippen LogP contribution in [0.25, 0.3) is 0 Å². The van der Waals surface area contributed by atoms with Gasteiger partial charge in [0.1, 0.15) is 5.82 Å². The molecule has 3 heterocycles. The van der Waals surface area contributed by atoms with Gasteiger partial charge in [-0.3, -0.25) is 4.98 Å². The molecule has 0 saturated carbocycles. The summed E-state index contributed by atoms with van der Waals surface area (Å²) in [7, 11) is 0. The minimum Gasteiger partial charge on any atom is -0.366 e. The van der Waals surface area contributed by atoms with Crippen molar-refractivity contribution < 1.29 is 4.39 Å². The zero-order chi connectivity index (χ0) is 11.0. The molecule has 86 valence electrons. The third-order valence-corrected chi connectivity index (χ3v) is 3.70. The van der Waals surface area contributed by atoms with Crippen LogP contribution in [0.2, 0.25) is 0 Å². The van der Waals surface area contributed by atoms with E-state index in [0.717, 1.165) is 31.2 Å². The molecule has 0 aromatic carbocycles. The highest BCUT2D eigenvalue weighted by atomic mass is 19.1. The van der Waals surface area contributed by atoms with Crippen LogP contribution in [0.15, 0.2) is 18.5 Å². The molecule has 3 nitrogen and oxygen atoms in total. The number of hydrogen-bond donors (Lipinski definition) is 1. The Balaban J connectivity index is 1.88. The van der Waals surface area contributed by atoms with E-state index in [9.17, 15) is 4.39 Å². The summed E-state index contributed by atoms with van der Waals surface area (Å²) in [5.41, 5.74) is 0.929. The smallest absolute Gasteiger partial charge is 0.143 e. The molecule has 2 saturated heterocycles. The summed E-state index contributed by atoms with van der Waals surface area (Å²) in [6, 6.07) is 2.12. The molecular formula is C12H16FN3. The fourth-order valence-electron chi connectivity index (χ4n) is 2.95. The average molecular weight is 221 g/mol. The fourth-order valence-corrected chi connectivity index (χ4v) is 2.95. The number of pyridine rings is 1. The molecule has 2 unspecified atom stereocenters. The summed E-state index contributed by atoms with van der Waals surface area (Å²) in [5, 5.41) is 3.42. The molecule has 1 aromatic heterocycles. The molecule has 2 atom stereocenters. The predicted octanol–water partition coefficient (Wildman–Crippen LogP) is 1.41. The first-order chi connectivity index (χ1) is 7.84. The quantitative estimate of drug-likeness (QED) is 0.777. The Hall–Kier alpha value is -1.16. The maximum absolute atomic E-state index is 13.2. The van der Waals surface area contributed by atoms with Crippen molar-refractivity contribution in [2.45, 2.75) is 18.9 Å². The van der Waals surface area contributed by atoms with Gasteiger partial charge in [-0.2, -0.15) is 0 Å². The van der Waals surface area contributed by atoms with Crippen molar-refractivity contribution in [3.63, 3.8) is 0 Å². The minimum atomic E-state index is -0.245. The van der Waals surface area contributed by atoms with Crippen LogP contribution < -0.4 is 10.2 Å². The number of aromatic nitrogens is 1. The Morgan fingerprint density at radius 3 is 3.19 bits per heavy atom. The van der Waals surface area contributed by atoms with Gasteiger partial charge >= 0.3 is 0 Å². The normalized spacial score (nSPS) is 29.2. The molecular weight excluding hydrogens is 205 g/mol. The largest absolute Gasteiger partial charge is 0.366 e. The maximum Gasteiger partial charge on any atom is 0.143 e. The first kappa shape index (κ1) is 10.0. The predicted molar refractivity (Wildman–Crippen MR) is 60.9 cm³/mol. The van der Waals surface area contributed by atoms with Gasteiger partial charge in [0.2, 0.25) is 0 Å². The number of fused-ring (bicyclic) bond motifs is 1. The summed E-state index contributed by atoms with van der Waals surface area (Å²) in [6.45, 7) is 3.14. The van der Waals surface area contributed by atoms with E-state index in [1.165, 1.54) is 19.0 Å². The maximum atomic E-state index is 13.2. The topological polar surface area (TPSA) is 28.2 Å². The molecule has 0 bridgehead atoms. The molecule has 0 amide bonds. The van der Waals surface area contributed by atoms with Crippen LogP contribution in [-0.4, -0.2) is 30.7 Å². The van der Waals surface area contributed by atoms with E-state index in [-0.39, 0.29) is 5.82 Å². The van der Waals surface area contributed by atoms with Crippen LogP contribution in [0.5, 0.6) is 0 Å². The van der Waals surface area contributed by atoms with Gasteiger partial charge in [0.15, 0.2) is 0 Å². The number of rotatable bonds is 1. The van der Waals surface area contributed by atoms with E-state index in [2.05, 4.69) is 15.2 Å². The third-order valence-electron chi connectivity index (χ3n) is 3.70. The summed E-state index contributed by atoms with van der Waals surface area (Å²) < 4.78 is 13.2. The summed E-state index contributed by atoms with van der Waals surface area (Å²) in [5.74, 6) is 0.475. The molecule has 2 fully saturated rings. The van der Waals surface area contributed by atoms with Crippen molar-refractivity contribution in [1.29, 1.82) is 0 Å². The number of nitrogens with zero attached hydrogens (tertiary/aromatic N) is 2. The SMILES string of the molecule is Fc1cncc(N2CCCC3CNCC32)c1. The fraction of sp³-hybridized carbons (Fsp3) is 0.583. The third kappa shape index (κ3) is 1.67. The molecule has 0 aliphatic carbocycles. The van der Waals surface area contributed by atoms with E-state index < -0.39 is 0 Å². The lowest BCUT2D eigenvalue weighted by atomic mass is 9.92. The first-order valence-electron chi connectivity index (χ1n) is 5.92. The molecule has 4 heteroatoms. The van der Waals surface area contributed by atoms with Crippen molar-refractivity contribution in [2.75, 3.05) is 24.5 Å². The Kier molecular flexibility index (Phi) is 2.52. The van der Waals surface area contributed by atoms with Gasteiger partial charge in [-0.05, 0) is 18.8 Å². The summed E-state index contributed by atoms with van der Waals surface area (Å²) in [4.78, 5) is 6.25. The first-order valence-corrected chi connectivity index (χ1v) is 5.92. The second-order valence-electron chi connectivity index (χ2n) is 4.68. The number of hydrogen-bond acceptors (Lipinski definition) is 3. The molecule has 1 aromatic rings. The van der Waals surface area contributed by atoms with Gasteiger partial charge < -0.3 is 10.2 Å². The standard InChI is InChI=1S/C12H16FN3/c13-10-4-11(7-15-6-10)16-3-1-2-9-5-14-8-12(9)16/h4,6-7,9,12,14H,1-3,5,8H2. The van der Waals surface area contributed by atoms with Crippen LogP contribution in [0, 0.1) is 11.7 Å². The Morgan fingerprint density at radius 2 is 2.31 bits per heavy atom. The van der Waals surface area contributed by atoms with E-state index >= 15 is 0 Å². The second-order valence-corrected chi connectivity index (χ2v) is 4.68. The molecule has 1 N–H and O–H groups in total. The van der Waals surface area contributed by atoms with Crippen LogP contribution in [0.1, 0.15) is 12.8 Å². The van der Waals surface area contributed by atoms with Gasteiger partial charge in [0, 0.05) is 31.7 Å². The molecule has 2 aliphatic heterocycles. The van der Waals surface area contributed by atoms with Gasteiger partial charge in [-0.25, -0.2) is 4.39 Å². The Labute approximate surface area is 94.7 Å². The number of anilines is 1. The highest BCUT2D eigenvalue weighted by Gasteiger charge is 2.35. The zero-order valence-corrected chi connectivity index (χ0v) is 9.19. The Bertz CT molecular complexity index is 382. The summed E-state index contributed by atoms with van der Waals surface area (Å²) in [6.07, 6.45) is 5.51. The Morgan fingerprint density at radius 1 is 1.38 bits per heavy atom. The molecule has 0 spiro atoms. The lowest BCUT2D eigenvalue weighted by Gasteiger charge is -2.38. The number of nitrogens with one attached hydrogen (secondary N) is 1. The van der Waals surface area contributed by atoms with Crippen molar-refractivity contribution in [3.8, 4) is 0 Å². The zero-order valence-electron chi connectivity index (χ0n) is 9.19. The molecule has 2 aliphatic rings. The molecule has 3 rings (SSSR count). The van der Waals surface area contributed by atoms with Gasteiger partial charge in [-0.1, -0.05) is 0 Å². The highest BCUT2D eigenvalue weighted by Crippen LogP contribution is 2.30. The average Bonchev–Trinajstić information content (AvgIpc) is 2.76. The van der Waals surface area contributed by atoms with Crippen LogP contribution >= 0.6 is 0 Å². The van der Waals surface area contributed by atoms with E-state index in [0.29, 0.717) is 6.04 Å². The van der Waals surface area contributed by atoms with Gasteiger partial charge in [0.05, 0.1) is 18.1 Å². The van der Waals surface area contributed by atoms with Crippen molar-refractivity contribution in [2.24, 2.45) is 5.92 Å². The van der Waals surface area contributed by atoms with Crippen LogP contribution in [0.3, 0.4) is 0 Å². The van der Waals surface area contributed by atoms with Gasteiger partial charge in [0.25, 0.3) is 0 Å². The lowest BCUT2D eigenvalue weighted by molar-refractivity contribution is 0.384.